The molecule has 0 aromatic heterocycles. The standard InChI is InChI=1S/C16H17FN2O2/c1-11-8-13(17)7-6-12(11)9-19(10-16(20)21)15-5-3-2-4-14(15)18/h2-8H,9-10,18H2,1H3,(H,20,21). The minimum atomic E-state index is -0.946. The first-order valence-electron chi connectivity index (χ1n) is 6.53. The number of nitrogens with zero attached hydrogens (tertiary/aromatic N) is 1. The van der Waals surface area contributed by atoms with E-state index in [1.807, 2.05) is 0 Å². The molecule has 0 aliphatic rings. The zero-order valence-electron chi connectivity index (χ0n) is 11.7. The fourth-order valence-electron chi connectivity index (χ4n) is 2.21. The van der Waals surface area contributed by atoms with Gasteiger partial charge >= 0.3 is 5.97 Å². The van der Waals surface area contributed by atoms with Crippen molar-refractivity contribution in [3.8, 4) is 0 Å². The first-order chi connectivity index (χ1) is 9.97. The lowest BCUT2D eigenvalue weighted by Gasteiger charge is -2.25. The van der Waals surface area contributed by atoms with Gasteiger partial charge in [-0.25, -0.2) is 4.39 Å². The number of benzene rings is 2. The largest absolute Gasteiger partial charge is 0.480 e. The summed E-state index contributed by atoms with van der Waals surface area (Å²) < 4.78 is 13.2. The summed E-state index contributed by atoms with van der Waals surface area (Å²) in [5, 5.41) is 9.09. The first-order valence-corrected chi connectivity index (χ1v) is 6.53. The van der Waals surface area contributed by atoms with E-state index in [1.165, 1.54) is 12.1 Å². The smallest absolute Gasteiger partial charge is 0.323 e. The molecular weight excluding hydrogens is 271 g/mol. The number of aliphatic carboxylic acids is 1. The Labute approximate surface area is 122 Å². The third kappa shape index (κ3) is 3.72. The summed E-state index contributed by atoms with van der Waals surface area (Å²) in [6, 6.07) is 11.6. The summed E-state index contributed by atoms with van der Waals surface area (Å²) in [7, 11) is 0. The second-order valence-corrected chi connectivity index (χ2v) is 4.88. The van der Waals surface area contributed by atoms with Crippen molar-refractivity contribution in [1.82, 2.24) is 0 Å². The van der Waals surface area contributed by atoms with E-state index in [9.17, 15) is 9.18 Å². The molecule has 4 nitrogen and oxygen atoms in total. The van der Waals surface area contributed by atoms with Gasteiger partial charge in [-0.15, -0.1) is 0 Å². The maximum Gasteiger partial charge on any atom is 0.323 e. The highest BCUT2D eigenvalue weighted by Crippen LogP contribution is 2.25. The Morgan fingerprint density at radius 3 is 2.62 bits per heavy atom. The van der Waals surface area contributed by atoms with Crippen LogP contribution >= 0.6 is 0 Å². The van der Waals surface area contributed by atoms with Gasteiger partial charge in [-0.3, -0.25) is 4.79 Å². The van der Waals surface area contributed by atoms with Gasteiger partial charge in [-0.2, -0.15) is 0 Å². The number of carboxylic acid groups (broad SMARTS) is 1. The Balaban J connectivity index is 2.33. The van der Waals surface area contributed by atoms with Crippen molar-refractivity contribution in [3.63, 3.8) is 0 Å². The van der Waals surface area contributed by atoms with E-state index in [4.69, 9.17) is 10.8 Å². The van der Waals surface area contributed by atoms with Gasteiger partial charge in [0.05, 0.1) is 11.4 Å². The molecule has 21 heavy (non-hydrogen) atoms. The van der Waals surface area contributed by atoms with Crippen LogP contribution in [0.3, 0.4) is 0 Å². The highest BCUT2D eigenvalue weighted by Gasteiger charge is 2.14. The van der Waals surface area contributed by atoms with Gasteiger partial charge in [0, 0.05) is 6.54 Å². The number of halogens is 1. The number of nitrogen functional groups attached to an aromatic ring is 1. The number of rotatable bonds is 5. The lowest BCUT2D eigenvalue weighted by atomic mass is 10.1. The summed E-state index contributed by atoms with van der Waals surface area (Å²) in [4.78, 5) is 12.7. The van der Waals surface area contributed by atoms with E-state index in [2.05, 4.69) is 0 Å². The molecule has 0 aliphatic carbocycles. The van der Waals surface area contributed by atoms with E-state index < -0.39 is 5.97 Å². The third-order valence-corrected chi connectivity index (χ3v) is 3.27. The second kappa shape index (κ2) is 6.26. The number of para-hydroxylation sites is 2. The Morgan fingerprint density at radius 1 is 1.29 bits per heavy atom. The van der Waals surface area contributed by atoms with Crippen molar-refractivity contribution in [2.24, 2.45) is 0 Å². The minimum absolute atomic E-state index is 0.176. The molecule has 0 spiro atoms. The summed E-state index contributed by atoms with van der Waals surface area (Å²) in [5.41, 5.74) is 8.73. The van der Waals surface area contributed by atoms with Crippen LogP contribution in [0.4, 0.5) is 15.8 Å². The lowest BCUT2D eigenvalue weighted by molar-refractivity contribution is -0.135. The Morgan fingerprint density at radius 2 is 2.00 bits per heavy atom. The van der Waals surface area contributed by atoms with E-state index in [0.717, 1.165) is 11.1 Å². The minimum Gasteiger partial charge on any atom is -0.480 e. The molecule has 0 unspecified atom stereocenters. The summed E-state index contributed by atoms with van der Waals surface area (Å²) in [6.07, 6.45) is 0. The van der Waals surface area contributed by atoms with Gasteiger partial charge in [0.2, 0.25) is 0 Å². The maximum absolute atomic E-state index is 13.2. The number of hydrogen-bond donors (Lipinski definition) is 2. The zero-order chi connectivity index (χ0) is 15.4. The van der Waals surface area contributed by atoms with Gasteiger partial charge in [-0.1, -0.05) is 18.2 Å². The predicted molar refractivity (Wildman–Crippen MR) is 80.7 cm³/mol. The summed E-state index contributed by atoms with van der Waals surface area (Å²) >= 11 is 0. The number of hydrogen-bond acceptors (Lipinski definition) is 3. The summed E-state index contributed by atoms with van der Waals surface area (Å²) in [6.45, 7) is 1.98. The van der Waals surface area contributed by atoms with Gasteiger partial charge in [0.15, 0.2) is 0 Å². The Bertz CT molecular complexity index is 658. The van der Waals surface area contributed by atoms with E-state index in [1.54, 1.807) is 42.2 Å². The fourth-order valence-corrected chi connectivity index (χ4v) is 2.21. The van der Waals surface area contributed by atoms with Crippen LogP contribution in [0, 0.1) is 12.7 Å². The van der Waals surface area contributed by atoms with Gasteiger partial charge in [0.25, 0.3) is 0 Å². The molecule has 0 atom stereocenters. The molecule has 0 saturated carbocycles. The topological polar surface area (TPSA) is 66.6 Å². The van der Waals surface area contributed by atoms with Crippen LogP contribution < -0.4 is 10.6 Å². The molecule has 2 aromatic carbocycles. The van der Waals surface area contributed by atoms with Crippen molar-refractivity contribution in [3.05, 3.63) is 59.4 Å². The number of nitrogens with two attached hydrogens (primary N) is 1. The van der Waals surface area contributed by atoms with Crippen LogP contribution in [-0.4, -0.2) is 17.6 Å². The number of aryl methyl sites for hydroxylation is 1. The highest BCUT2D eigenvalue weighted by atomic mass is 19.1. The molecule has 0 aliphatic heterocycles. The van der Waals surface area contributed by atoms with Gasteiger partial charge in [0.1, 0.15) is 12.4 Å². The number of carboxylic acids is 1. The Hall–Kier alpha value is -2.56. The van der Waals surface area contributed by atoms with Gasteiger partial charge < -0.3 is 15.7 Å². The highest BCUT2D eigenvalue weighted by molar-refractivity contribution is 5.77. The average molecular weight is 288 g/mol. The quantitative estimate of drug-likeness (QED) is 0.830. The van der Waals surface area contributed by atoms with Crippen LogP contribution in [0.25, 0.3) is 0 Å². The normalized spacial score (nSPS) is 10.4. The molecule has 0 bridgehead atoms. The molecule has 110 valence electrons. The molecule has 0 radical (unpaired) electrons. The third-order valence-electron chi connectivity index (χ3n) is 3.27. The van der Waals surface area contributed by atoms with Crippen LogP contribution in [-0.2, 0) is 11.3 Å². The molecule has 0 fully saturated rings. The van der Waals surface area contributed by atoms with Crippen molar-refractivity contribution in [2.45, 2.75) is 13.5 Å². The van der Waals surface area contributed by atoms with Crippen molar-refractivity contribution in [1.29, 1.82) is 0 Å². The molecule has 0 heterocycles. The number of carbonyl (C=O) groups is 1. The SMILES string of the molecule is Cc1cc(F)ccc1CN(CC(=O)O)c1ccccc1N. The Kier molecular flexibility index (Phi) is 4.42. The van der Waals surface area contributed by atoms with E-state index >= 15 is 0 Å². The molecule has 2 rings (SSSR count). The monoisotopic (exact) mass is 288 g/mol. The van der Waals surface area contributed by atoms with Crippen molar-refractivity contribution < 1.29 is 14.3 Å². The molecule has 0 amide bonds. The van der Waals surface area contributed by atoms with Crippen LogP contribution in [0.5, 0.6) is 0 Å². The van der Waals surface area contributed by atoms with Gasteiger partial charge in [-0.05, 0) is 42.3 Å². The van der Waals surface area contributed by atoms with E-state index in [0.29, 0.717) is 17.9 Å². The summed E-state index contributed by atoms with van der Waals surface area (Å²) in [5.74, 6) is -1.25. The van der Waals surface area contributed by atoms with Crippen LogP contribution in [0.1, 0.15) is 11.1 Å². The zero-order valence-corrected chi connectivity index (χ0v) is 11.7. The molecule has 2 aromatic rings. The molecular formula is C16H17FN2O2. The maximum atomic E-state index is 13.2. The molecule has 0 saturated heterocycles. The predicted octanol–water partition coefficient (Wildman–Crippen LogP) is 2.81. The average Bonchev–Trinajstić information content (AvgIpc) is 2.41. The van der Waals surface area contributed by atoms with Crippen molar-refractivity contribution in [2.75, 3.05) is 17.2 Å². The molecule has 5 heteroatoms. The fraction of sp³-hybridized carbons (Fsp3) is 0.188. The van der Waals surface area contributed by atoms with E-state index in [-0.39, 0.29) is 12.4 Å². The first kappa shape index (κ1) is 14.8. The van der Waals surface area contributed by atoms with Crippen LogP contribution in [0.15, 0.2) is 42.5 Å². The van der Waals surface area contributed by atoms with Crippen molar-refractivity contribution >= 4 is 17.3 Å². The molecule has 3 N–H and O–H groups in total. The lowest BCUT2D eigenvalue weighted by Crippen LogP contribution is -2.30. The number of anilines is 2. The van der Waals surface area contributed by atoms with Crippen LogP contribution in [0.2, 0.25) is 0 Å². The second-order valence-electron chi connectivity index (χ2n) is 4.88.